The molecule has 0 saturated heterocycles. The minimum absolute atomic E-state index is 0.161. The van der Waals surface area contributed by atoms with Crippen molar-refractivity contribution >= 4 is 11.5 Å². The molecule has 7 rings (SSSR count). The number of pyridine rings is 1. The van der Waals surface area contributed by atoms with Crippen LogP contribution in [0, 0.1) is 5.41 Å². The van der Waals surface area contributed by atoms with E-state index in [1.54, 1.807) is 0 Å². The Labute approximate surface area is 200 Å². The first-order valence-corrected chi connectivity index (χ1v) is 12.7. The highest BCUT2D eigenvalue weighted by Crippen LogP contribution is 2.55. The Morgan fingerprint density at radius 1 is 1.00 bits per heavy atom. The maximum atomic E-state index is 6.78. The lowest BCUT2D eigenvalue weighted by molar-refractivity contribution is 0.148. The highest BCUT2D eigenvalue weighted by Gasteiger charge is 2.46. The summed E-state index contributed by atoms with van der Waals surface area (Å²) in [4.78, 5) is 21.8. The minimum Gasteiger partial charge on any atom is -0.323 e. The van der Waals surface area contributed by atoms with Crippen LogP contribution in [-0.2, 0) is 19.4 Å². The Morgan fingerprint density at radius 2 is 1.88 bits per heavy atom. The molecule has 3 aromatic rings. The van der Waals surface area contributed by atoms with E-state index in [2.05, 4.69) is 40.2 Å². The minimum atomic E-state index is 0.161. The normalized spacial score (nSPS) is 27.3. The fraction of sp³-hybridized carbons (Fsp3) is 0.429. The predicted molar refractivity (Wildman–Crippen MR) is 133 cm³/mol. The van der Waals surface area contributed by atoms with Crippen LogP contribution in [0.3, 0.4) is 0 Å². The molecule has 0 bridgehead atoms. The van der Waals surface area contributed by atoms with Gasteiger partial charge in [0.2, 0.25) is 0 Å². The molecule has 1 atom stereocenters. The molecule has 34 heavy (non-hydrogen) atoms. The SMILES string of the molecule is N[C@@H]1c2ccccc2CC12CCC(c1cnc3c(n1)CN=C3N1CCCc3ncccc31)CC2. The summed E-state index contributed by atoms with van der Waals surface area (Å²) in [5, 5.41) is 0. The van der Waals surface area contributed by atoms with E-state index in [1.807, 2.05) is 18.5 Å². The summed E-state index contributed by atoms with van der Waals surface area (Å²) in [5.41, 5.74) is 15.2. The van der Waals surface area contributed by atoms with Crippen LogP contribution in [0.2, 0.25) is 0 Å². The Balaban J connectivity index is 1.09. The molecule has 4 heterocycles. The van der Waals surface area contributed by atoms with Gasteiger partial charge in [-0.1, -0.05) is 24.3 Å². The standard InChI is InChI=1S/C28H30N6/c29-26-20-6-2-1-5-19(20)15-28(26)11-9-18(10-12-28)22-16-31-25-23(33-22)17-32-27(25)34-14-4-7-21-24(34)8-3-13-30-21/h1-3,5-6,8,13,16,18,26H,4,7,9-12,14-15,17,29H2/t18?,26-,28?/m1/s1. The molecule has 2 aliphatic carbocycles. The third-order valence-electron chi connectivity index (χ3n) is 8.65. The van der Waals surface area contributed by atoms with Gasteiger partial charge in [0.15, 0.2) is 5.84 Å². The zero-order valence-electron chi connectivity index (χ0n) is 19.5. The quantitative estimate of drug-likeness (QED) is 0.591. The Bertz CT molecular complexity index is 1290. The maximum Gasteiger partial charge on any atom is 0.156 e. The second kappa shape index (κ2) is 7.70. The summed E-state index contributed by atoms with van der Waals surface area (Å²) in [6.45, 7) is 1.57. The van der Waals surface area contributed by atoms with E-state index in [1.165, 1.54) is 11.1 Å². The second-order valence-corrected chi connectivity index (χ2v) is 10.4. The van der Waals surface area contributed by atoms with Gasteiger partial charge in [-0.15, -0.1) is 0 Å². The number of rotatable bonds is 1. The average Bonchev–Trinajstić information content (AvgIpc) is 3.43. The molecule has 2 aromatic heterocycles. The number of hydrogen-bond acceptors (Lipinski definition) is 6. The molecule has 2 N–H and O–H groups in total. The molecule has 0 amide bonds. The van der Waals surface area contributed by atoms with Crippen LogP contribution in [-0.4, -0.2) is 27.3 Å². The largest absolute Gasteiger partial charge is 0.323 e. The number of hydrogen-bond donors (Lipinski definition) is 1. The van der Waals surface area contributed by atoms with Crippen molar-refractivity contribution in [2.45, 2.75) is 63.5 Å². The van der Waals surface area contributed by atoms with Crippen molar-refractivity contribution in [3.8, 4) is 0 Å². The molecule has 1 aromatic carbocycles. The maximum absolute atomic E-state index is 6.78. The third kappa shape index (κ3) is 3.04. The van der Waals surface area contributed by atoms with Gasteiger partial charge in [0.05, 0.1) is 29.3 Å². The van der Waals surface area contributed by atoms with Gasteiger partial charge in [0, 0.05) is 30.9 Å². The number of nitrogens with zero attached hydrogens (tertiary/aromatic N) is 5. The number of aryl methyl sites for hydroxylation is 1. The predicted octanol–water partition coefficient (Wildman–Crippen LogP) is 4.48. The fourth-order valence-corrected chi connectivity index (χ4v) is 6.78. The lowest BCUT2D eigenvalue weighted by Gasteiger charge is -2.40. The lowest BCUT2D eigenvalue weighted by atomic mass is 9.66. The molecule has 6 nitrogen and oxygen atoms in total. The zero-order valence-corrected chi connectivity index (χ0v) is 19.5. The van der Waals surface area contributed by atoms with E-state index in [0.717, 1.165) is 85.8 Å². The third-order valence-corrected chi connectivity index (χ3v) is 8.65. The van der Waals surface area contributed by atoms with Crippen LogP contribution in [0.15, 0.2) is 53.8 Å². The molecule has 0 unspecified atom stereocenters. The summed E-state index contributed by atoms with van der Waals surface area (Å²) in [6, 6.07) is 13.1. The monoisotopic (exact) mass is 450 g/mol. The molecule has 1 fully saturated rings. The molecule has 1 spiro atoms. The number of aliphatic imine (C=N–C) groups is 1. The first kappa shape index (κ1) is 20.3. The van der Waals surface area contributed by atoms with E-state index >= 15 is 0 Å². The van der Waals surface area contributed by atoms with Gasteiger partial charge in [0.1, 0.15) is 5.69 Å². The molecule has 2 aliphatic heterocycles. The molecule has 0 radical (unpaired) electrons. The number of amidine groups is 1. The first-order valence-electron chi connectivity index (χ1n) is 12.7. The van der Waals surface area contributed by atoms with Gasteiger partial charge in [-0.2, -0.15) is 0 Å². The average molecular weight is 451 g/mol. The van der Waals surface area contributed by atoms with Crippen molar-refractivity contribution in [2.24, 2.45) is 16.1 Å². The summed E-state index contributed by atoms with van der Waals surface area (Å²) >= 11 is 0. The Kier molecular flexibility index (Phi) is 4.59. The van der Waals surface area contributed by atoms with Gasteiger partial charge >= 0.3 is 0 Å². The van der Waals surface area contributed by atoms with Crippen molar-refractivity contribution in [3.63, 3.8) is 0 Å². The van der Waals surface area contributed by atoms with Crippen molar-refractivity contribution < 1.29 is 0 Å². The Hall–Kier alpha value is -3.12. The zero-order chi connectivity index (χ0) is 22.7. The van der Waals surface area contributed by atoms with Gasteiger partial charge < -0.3 is 10.6 Å². The summed E-state index contributed by atoms with van der Waals surface area (Å²) in [5.74, 6) is 1.42. The van der Waals surface area contributed by atoms with Crippen LogP contribution in [0.5, 0.6) is 0 Å². The Morgan fingerprint density at radius 3 is 2.76 bits per heavy atom. The molecule has 6 heteroatoms. The summed E-state index contributed by atoms with van der Waals surface area (Å²) in [7, 11) is 0. The van der Waals surface area contributed by atoms with Crippen LogP contribution in [0.4, 0.5) is 5.69 Å². The fourth-order valence-electron chi connectivity index (χ4n) is 6.78. The van der Waals surface area contributed by atoms with Crippen LogP contribution in [0.25, 0.3) is 0 Å². The van der Waals surface area contributed by atoms with Crippen molar-refractivity contribution in [3.05, 3.63) is 82.7 Å². The number of benzene rings is 1. The number of nitrogens with two attached hydrogens (primary N) is 1. The topological polar surface area (TPSA) is 80.3 Å². The van der Waals surface area contributed by atoms with Crippen LogP contribution in [0.1, 0.15) is 78.0 Å². The van der Waals surface area contributed by atoms with E-state index in [-0.39, 0.29) is 11.5 Å². The van der Waals surface area contributed by atoms with Crippen LogP contribution < -0.4 is 10.6 Å². The summed E-state index contributed by atoms with van der Waals surface area (Å²) in [6.07, 6.45) is 11.7. The smallest absolute Gasteiger partial charge is 0.156 e. The molecular weight excluding hydrogens is 420 g/mol. The first-order chi connectivity index (χ1) is 16.7. The van der Waals surface area contributed by atoms with Crippen molar-refractivity contribution in [1.82, 2.24) is 15.0 Å². The van der Waals surface area contributed by atoms with Crippen molar-refractivity contribution in [1.29, 1.82) is 0 Å². The molecule has 1 saturated carbocycles. The van der Waals surface area contributed by atoms with Gasteiger partial charge in [-0.25, -0.2) is 4.98 Å². The number of fused-ring (bicyclic) bond motifs is 3. The molecular formula is C28H30N6. The lowest BCUT2D eigenvalue weighted by Crippen LogP contribution is -2.36. The van der Waals surface area contributed by atoms with E-state index in [9.17, 15) is 0 Å². The number of aromatic nitrogens is 3. The second-order valence-electron chi connectivity index (χ2n) is 10.4. The van der Waals surface area contributed by atoms with Gasteiger partial charge in [-0.3, -0.25) is 15.0 Å². The van der Waals surface area contributed by atoms with Crippen LogP contribution >= 0.6 is 0 Å². The summed E-state index contributed by atoms with van der Waals surface area (Å²) < 4.78 is 0. The van der Waals surface area contributed by atoms with E-state index in [4.69, 9.17) is 20.7 Å². The van der Waals surface area contributed by atoms with E-state index in [0.29, 0.717) is 12.5 Å². The van der Waals surface area contributed by atoms with Gasteiger partial charge in [-0.05, 0) is 73.6 Å². The molecule has 172 valence electrons. The highest BCUT2D eigenvalue weighted by molar-refractivity contribution is 6.11. The highest BCUT2D eigenvalue weighted by atomic mass is 15.2. The van der Waals surface area contributed by atoms with Crippen molar-refractivity contribution in [2.75, 3.05) is 11.4 Å². The van der Waals surface area contributed by atoms with Gasteiger partial charge in [0.25, 0.3) is 0 Å². The van der Waals surface area contributed by atoms with E-state index < -0.39 is 0 Å². The molecule has 4 aliphatic rings. The number of anilines is 1.